The van der Waals surface area contributed by atoms with Gasteiger partial charge in [-0.05, 0) is 42.5 Å². The fourth-order valence-electron chi connectivity index (χ4n) is 2.07. The van der Waals surface area contributed by atoms with Crippen molar-refractivity contribution < 1.29 is 9.47 Å². The highest BCUT2D eigenvalue weighted by Gasteiger charge is 2.20. The molecule has 1 aliphatic rings. The zero-order valence-corrected chi connectivity index (χ0v) is 9.80. The van der Waals surface area contributed by atoms with Crippen LogP contribution in [0.3, 0.4) is 0 Å². The summed E-state index contributed by atoms with van der Waals surface area (Å²) in [4.78, 5) is 0. The molecule has 0 aromatic heterocycles. The van der Waals surface area contributed by atoms with Crippen molar-refractivity contribution in [1.29, 1.82) is 0 Å². The van der Waals surface area contributed by atoms with Crippen LogP contribution in [-0.2, 0) is 6.42 Å². The molecule has 1 aromatic rings. The molecule has 0 fully saturated rings. The molecular weight excluding hydrogens is 212 g/mol. The van der Waals surface area contributed by atoms with E-state index in [-0.39, 0.29) is 5.38 Å². The molecule has 2 rings (SSSR count). The van der Waals surface area contributed by atoms with E-state index < -0.39 is 0 Å². The zero-order chi connectivity index (χ0) is 10.8. The van der Waals surface area contributed by atoms with Crippen molar-refractivity contribution in [3.63, 3.8) is 0 Å². The lowest BCUT2D eigenvalue weighted by Crippen LogP contribution is -2.06. The maximum absolute atomic E-state index is 6.28. The third-order valence-electron chi connectivity index (χ3n) is 2.89. The number of hydrogen-bond donors (Lipinski definition) is 0. The fourth-order valence-corrected chi connectivity index (χ4v) is 2.43. The number of benzene rings is 1. The summed E-state index contributed by atoms with van der Waals surface area (Å²) in [6.45, 7) is 0. The van der Waals surface area contributed by atoms with Gasteiger partial charge >= 0.3 is 0 Å². The van der Waals surface area contributed by atoms with E-state index in [2.05, 4.69) is 0 Å². The first-order valence-corrected chi connectivity index (χ1v) is 5.58. The molecule has 0 aliphatic heterocycles. The van der Waals surface area contributed by atoms with E-state index in [1.165, 1.54) is 11.1 Å². The Labute approximate surface area is 95.1 Å². The normalized spacial score (nSPS) is 19.5. The average molecular weight is 227 g/mol. The molecule has 1 aromatic carbocycles. The second-order valence-corrected chi connectivity index (χ2v) is 4.29. The number of hydrogen-bond acceptors (Lipinski definition) is 2. The summed E-state index contributed by atoms with van der Waals surface area (Å²) in [6.07, 6.45) is 3.28. The summed E-state index contributed by atoms with van der Waals surface area (Å²) >= 11 is 6.28. The minimum Gasteiger partial charge on any atom is -0.493 e. The first-order chi connectivity index (χ1) is 7.26. The van der Waals surface area contributed by atoms with Gasteiger partial charge in [-0.15, -0.1) is 11.6 Å². The number of halogens is 1. The highest BCUT2D eigenvalue weighted by atomic mass is 35.5. The van der Waals surface area contributed by atoms with Crippen LogP contribution in [0.1, 0.15) is 29.3 Å². The van der Waals surface area contributed by atoms with Gasteiger partial charge in [0.25, 0.3) is 0 Å². The number of ether oxygens (including phenoxy) is 2. The van der Waals surface area contributed by atoms with E-state index in [0.717, 1.165) is 30.8 Å². The van der Waals surface area contributed by atoms with Crippen molar-refractivity contribution in [2.75, 3.05) is 14.2 Å². The quantitative estimate of drug-likeness (QED) is 0.721. The Morgan fingerprint density at radius 2 is 1.87 bits per heavy atom. The van der Waals surface area contributed by atoms with Crippen molar-refractivity contribution in [2.45, 2.75) is 24.6 Å². The van der Waals surface area contributed by atoms with E-state index in [1.54, 1.807) is 14.2 Å². The smallest absolute Gasteiger partial charge is 0.161 e. The maximum atomic E-state index is 6.28. The molecule has 82 valence electrons. The predicted octanol–water partition coefficient (Wildman–Crippen LogP) is 3.32. The van der Waals surface area contributed by atoms with Gasteiger partial charge in [-0.3, -0.25) is 0 Å². The van der Waals surface area contributed by atoms with Crippen LogP contribution in [0.2, 0.25) is 0 Å². The third kappa shape index (κ3) is 1.91. The monoisotopic (exact) mass is 226 g/mol. The Morgan fingerprint density at radius 3 is 2.53 bits per heavy atom. The number of methoxy groups -OCH3 is 2. The van der Waals surface area contributed by atoms with Crippen molar-refractivity contribution in [3.05, 3.63) is 23.3 Å². The van der Waals surface area contributed by atoms with Crippen LogP contribution in [0.15, 0.2) is 12.1 Å². The Morgan fingerprint density at radius 1 is 1.20 bits per heavy atom. The highest BCUT2D eigenvalue weighted by molar-refractivity contribution is 6.21. The van der Waals surface area contributed by atoms with E-state index in [9.17, 15) is 0 Å². The van der Waals surface area contributed by atoms with E-state index in [0.29, 0.717) is 0 Å². The Kier molecular flexibility index (Phi) is 3.06. The standard InChI is InChI=1S/C12H15ClO2/c1-14-11-6-8-4-3-5-10(13)9(8)7-12(11)15-2/h6-7,10H,3-5H2,1-2H3. The van der Waals surface area contributed by atoms with Crippen LogP contribution in [0.5, 0.6) is 11.5 Å². The predicted molar refractivity (Wildman–Crippen MR) is 61.1 cm³/mol. The molecule has 0 N–H and O–H groups in total. The molecule has 1 atom stereocenters. The maximum Gasteiger partial charge on any atom is 0.161 e. The van der Waals surface area contributed by atoms with Gasteiger partial charge in [-0.1, -0.05) is 0 Å². The number of aryl methyl sites for hydroxylation is 1. The van der Waals surface area contributed by atoms with Crippen LogP contribution < -0.4 is 9.47 Å². The van der Waals surface area contributed by atoms with Crippen molar-refractivity contribution >= 4 is 11.6 Å². The topological polar surface area (TPSA) is 18.5 Å². The lowest BCUT2D eigenvalue weighted by atomic mass is 9.91. The number of alkyl halides is 1. The summed E-state index contributed by atoms with van der Waals surface area (Å²) in [5, 5.41) is 0.119. The van der Waals surface area contributed by atoms with E-state index in [1.807, 2.05) is 12.1 Å². The van der Waals surface area contributed by atoms with Gasteiger partial charge in [-0.25, -0.2) is 0 Å². The Balaban J connectivity index is 2.48. The molecular formula is C12H15ClO2. The van der Waals surface area contributed by atoms with Crippen LogP contribution in [0.25, 0.3) is 0 Å². The summed E-state index contributed by atoms with van der Waals surface area (Å²) < 4.78 is 10.5. The summed E-state index contributed by atoms with van der Waals surface area (Å²) in [5.74, 6) is 1.56. The Hall–Kier alpha value is -0.890. The summed E-state index contributed by atoms with van der Waals surface area (Å²) in [7, 11) is 3.31. The second kappa shape index (κ2) is 4.31. The molecule has 0 spiro atoms. The molecule has 1 aliphatic carbocycles. The zero-order valence-electron chi connectivity index (χ0n) is 9.05. The van der Waals surface area contributed by atoms with Crippen LogP contribution >= 0.6 is 11.6 Å². The molecule has 2 nitrogen and oxygen atoms in total. The van der Waals surface area contributed by atoms with Crippen molar-refractivity contribution in [2.24, 2.45) is 0 Å². The van der Waals surface area contributed by atoms with E-state index >= 15 is 0 Å². The van der Waals surface area contributed by atoms with Gasteiger partial charge in [-0.2, -0.15) is 0 Å². The van der Waals surface area contributed by atoms with Crippen LogP contribution in [0, 0.1) is 0 Å². The molecule has 0 radical (unpaired) electrons. The van der Waals surface area contributed by atoms with E-state index in [4.69, 9.17) is 21.1 Å². The molecule has 1 unspecified atom stereocenters. The summed E-state index contributed by atoms with van der Waals surface area (Å²) in [6, 6.07) is 4.05. The summed E-state index contributed by atoms with van der Waals surface area (Å²) in [5.41, 5.74) is 2.49. The van der Waals surface area contributed by atoms with Gasteiger partial charge in [0.05, 0.1) is 19.6 Å². The van der Waals surface area contributed by atoms with Gasteiger partial charge in [0.2, 0.25) is 0 Å². The minimum atomic E-state index is 0.119. The first-order valence-electron chi connectivity index (χ1n) is 5.15. The molecule has 0 bridgehead atoms. The van der Waals surface area contributed by atoms with Gasteiger partial charge in [0.1, 0.15) is 0 Å². The van der Waals surface area contributed by atoms with Gasteiger partial charge < -0.3 is 9.47 Å². The van der Waals surface area contributed by atoms with Crippen molar-refractivity contribution in [1.82, 2.24) is 0 Å². The number of fused-ring (bicyclic) bond motifs is 1. The second-order valence-electron chi connectivity index (χ2n) is 3.77. The van der Waals surface area contributed by atoms with Crippen LogP contribution in [0.4, 0.5) is 0 Å². The molecule has 0 saturated heterocycles. The molecule has 0 heterocycles. The Bertz CT molecular complexity index is 363. The third-order valence-corrected chi connectivity index (χ3v) is 3.34. The number of rotatable bonds is 2. The minimum absolute atomic E-state index is 0.119. The fraction of sp³-hybridized carbons (Fsp3) is 0.500. The van der Waals surface area contributed by atoms with Gasteiger partial charge in [0.15, 0.2) is 11.5 Å². The SMILES string of the molecule is COc1cc2c(cc1OC)C(Cl)CCC2. The lowest BCUT2D eigenvalue weighted by Gasteiger charge is -2.22. The first kappa shape index (κ1) is 10.6. The highest BCUT2D eigenvalue weighted by Crippen LogP contribution is 2.40. The van der Waals surface area contributed by atoms with Crippen LogP contribution in [-0.4, -0.2) is 14.2 Å². The lowest BCUT2D eigenvalue weighted by molar-refractivity contribution is 0.353. The molecule has 0 amide bonds. The molecule has 0 saturated carbocycles. The average Bonchev–Trinajstić information content (AvgIpc) is 2.28. The van der Waals surface area contributed by atoms with Gasteiger partial charge in [0, 0.05) is 0 Å². The van der Waals surface area contributed by atoms with Crippen molar-refractivity contribution in [3.8, 4) is 11.5 Å². The molecule has 3 heteroatoms. The largest absolute Gasteiger partial charge is 0.493 e. The molecule has 15 heavy (non-hydrogen) atoms.